The van der Waals surface area contributed by atoms with Crippen LogP contribution in [-0.4, -0.2) is 43.7 Å². The summed E-state index contributed by atoms with van der Waals surface area (Å²) in [6, 6.07) is 16.0. The van der Waals surface area contributed by atoms with Gasteiger partial charge in [0.1, 0.15) is 11.3 Å². The van der Waals surface area contributed by atoms with E-state index in [1.807, 2.05) is 51.1 Å². The van der Waals surface area contributed by atoms with Gasteiger partial charge in [0.15, 0.2) is 0 Å². The molecule has 1 aromatic heterocycles. The molecule has 0 saturated heterocycles. The van der Waals surface area contributed by atoms with Crippen LogP contribution in [0.25, 0.3) is 17.0 Å². The molecule has 7 heteroatoms. The summed E-state index contributed by atoms with van der Waals surface area (Å²) in [6.45, 7) is 6.38. The monoisotopic (exact) mass is 440 g/mol. The fourth-order valence-corrected chi connectivity index (χ4v) is 4.80. The molecular weight excluding hydrogens is 412 g/mol. The number of furan rings is 1. The van der Waals surface area contributed by atoms with Crippen molar-refractivity contribution in [1.29, 1.82) is 0 Å². The molecule has 31 heavy (non-hydrogen) atoms. The Morgan fingerprint density at radius 2 is 1.71 bits per heavy atom. The lowest BCUT2D eigenvalue weighted by atomic mass is 10.2. The highest BCUT2D eigenvalue weighted by molar-refractivity contribution is 7.89. The van der Waals surface area contributed by atoms with Gasteiger partial charge in [0.05, 0.1) is 10.9 Å². The fraction of sp³-hybridized carbons (Fsp3) is 0.292. The first-order valence-corrected chi connectivity index (χ1v) is 11.8. The van der Waals surface area contributed by atoms with Crippen molar-refractivity contribution in [3.63, 3.8) is 0 Å². The van der Waals surface area contributed by atoms with Crippen molar-refractivity contribution in [3.8, 4) is 0 Å². The summed E-state index contributed by atoms with van der Waals surface area (Å²) in [7, 11) is -1.77. The molecule has 0 spiro atoms. The molecule has 0 fully saturated rings. The molecule has 0 aliphatic carbocycles. The Morgan fingerprint density at radius 3 is 2.32 bits per heavy atom. The SMILES string of the molecule is CCN(CC)S(=O)(=O)c1ccc(/C=C/C(=O)N(C)C(C)c2cc3ccccc3o2)cc1. The number of hydrogen-bond acceptors (Lipinski definition) is 4. The van der Waals surface area contributed by atoms with Crippen LogP contribution in [0.1, 0.15) is 38.1 Å². The normalized spacial score (nSPS) is 13.2. The van der Waals surface area contributed by atoms with Crippen molar-refractivity contribution in [1.82, 2.24) is 9.21 Å². The van der Waals surface area contributed by atoms with Gasteiger partial charge in [0.2, 0.25) is 15.9 Å². The van der Waals surface area contributed by atoms with Gasteiger partial charge >= 0.3 is 0 Å². The second kappa shape index (κ2) is 9.49. The first-order valence-electron chi connectivity index (χ1n) is 10.3. The number of likely N-dealkylation sites (N-methyl/N-ethyl adjacent to an activating group) is 1. The average molecular weight is 441 g/mol. The number of fused-ring (bicyclic) bond motifs is 1. The Bertz CT molecular complexity index is 1140. The predicted molar refractivity (Wildman–Crippen MR) is 123 cm³/mol. The molecule has 3 rings (SSSR count). The van der Waals surface area contributed by atoms with Crippen molar-refractivity contribution >= 4 is 33.0 Å². The first kappa shape index (κ1) is 22.8. The zero-order valence-electron chi connectivity index (χ0n) is 18.3. The van der Waals surface area contributed by atoms with Crippen molar-refractivity contribution in [3.05, 3.63) is 72.0 Å². The first-order chi connectivity index (χ1) is 14.8. The lowest BCUT2D eigenvalue weighted by Crippen LogP contribution is -2.30. The summed E-state index contributed by atoms with van der Waals surface area (Å²) in [5.41, 5.74) is 1.54. The number of sulfonamides is 1. The van der Waals surface area contributed by atoms with Gasteiger partial charge in [-0.05, 0) is 42.8 Å². The van der Waals surface area contributed by atoms with Gasteiger partial charge in [0.25, 0.3) is 0 Å². The van der Waals surface area contributed by atoms with Crippen molar-refractivity contribution in [2.24, 2.45) is 0 Å². The standard InChI is InChI=1S/C24H28N2O4S/c1-5-26(6-2)31(28,29)21-14-11-19(12-15-21)13-16-24(27)25(4)18(3)23-17-20-9-7-8-10-22(20)30-23/h7-18H,5-6H2,1-4H3/b16-13+. The molecule has 2 aromatic carbocycles. The van der Waals surface area contributed by atoms with Crippen LogP contribution in [0.3, 0.4) is 0 Å². The zero-order chi connectivity index (χ0) is 22.6. The van der Waals surface area contributed by atoms with Crippen LogP contribution in [0.4, 0.5) is 0 Å². The van der Waals surface area contributed by atoms with Gasteiger partial charge in [-0.3, -0.25) is 4.79 Å². The Hall–Kier alpha value is -2.90. The van der Waals surface area contributed by atoms with E-state index in [0.717, 1.165) is 22.3 Å². The Balaban J connectivity index is 1.70. The van der Waals surface area contributed by atoms with Gasteiger partial charge in [-0.15, -0.1) is 0 Å². The number of carbonyl (C=O) groups excluding carboxylic acids is 1. The lowest BCUT2D eigenvalue weighted by molar-refractivity contribution is -0.126. The van der Waals surface area contributed by atoms with E-state index in [0.29, 0.717) is 13.1 Å². The van der Waals surface area contributed by atoms with Gasteiger partial charge in [-0.1, -0.05) is 44.2 Å². The minimum Gasteiger partial charge on any atom is -0.459 e. The molecule has 164 valence electrons. The summed E-state index contributed by atoms with van der Waals surface area (Å²) < 4.78 is 32.4. The van der Waals surface area contributed by atoms with E-state index in [1.165, 1.54) is 10.4 Å². The Morgan fingerprint density at radius 1 is 1.06 bits per heavy atom. The fourth-order valence-electron chi connectivity index (χ4n) is 3.34. The highest BCUT2D eigenvalue weighted by Crippen LogP contribution is 2.27. The molecule has 1 heterocycles. The van der Waals surface area contributed by atoms with Crippen LogP contribution in [-0.2, 0) is 14.8 Å². The van der Waals surface area contributed by atoms with E-state index < -0.39 is 10.0 Å². The van der Waals surface area contributed by atoms with Crippen molar-refractivity contribution in [2.75, 3.05) is 20.1 Å². The predicted octanol–water partition coefficient (Wildman–Crippen LogP) is 4.70. The van der Waals surface area contributed by atoms with Crippen LogP contribution in [0.5, 0.6) is 0 Å². The lowest BCUT2D eigenvalue weighted by Gasteiger charge is -2.21. The summed E-state index contributed by atoms with van der Waals surface area (Å²) in [4.78, 5) is 14.5. The van der Waals surface area contributed by atoms with Crippen LogP contribution in [0.15, 0.2) is 70.0 Å². The molecule has 0 aliphatic heterocycles. The van der Waals surface area contributed by atoms with Crippen LogP contribution in [0.2, 0.25) is 0 Å². The Kier molecular flexibility index (Phi) is 6.97. The third-order valence-electron chi connectivity index (χ3n) is 5.43. The molecule has 0 aliphatic rings. The number of para-hydroxylation sites is 1. The van der Waals surface area contributed by atoms with E-state index in [9.17, 15) is 13.2 Å². The van der Waals surface area contributed by atoms with E-state index in [-0.39, 0.29) is 16.8 Å². The number of amides is 1. The van der Waals surface area contributed by atoms with Gasteiger partial charge in [0, 0.05) is 31.6 Å². The molecule has 0 saturated carbocycles. The highest BCUT2D eigenvalue weighted by atomic mass is 32.2. The van der Waals surface area contributed by atoms with Crippen molar-refractivity contribution < 1.29 is 17.6 Å². The third kappa shape index (κ3) is 4.89. The van der Waals surface area contributed by atoms with Crippen LogP contribution < -0.4 is 0 Å². The maximum Gasteiger partial charge on any atom is 0.246 e. The quantitative estimate of drug-likeness (QED) is 0.476. The third-order valence-corrected chi connectivity index (χ3v) is 7.49. The molecule has 1 unspecified atom stereocenters. The minimum absolute atomic E-state index is 0.173. The largest absolute Gasteiger partial charge is 0.459 e. The number of rotatable bonds is 8. The topological polar surface area (TPSA) is 70.8 Å². The summed E-state index contributed by atoms with van der Waals surface area (Å²) >= 11 is 0. The van der Waals surface area contributed by atoms with E-state index in [1.54, 1.807) is 42.3 Å². The minimum atomic E-state index is -3.49. The average Bonchev–Trinajstić information content (AvgIpc) is 3.21. The summed E-state index contributed by atoms with van der Waals surface area (Å²) in [5.74, 6) is 0.546. The molecule has 6 nitrogen and oxygen atoms in total. The smallest absolute Gasteiger partial charge is 0.246 e. The number of nitrogens with zero attached hydrogens (tertiary/aromatic N) is 2. The van der Waals surface area contributed by atoms with Crippen LogP contribution in [0, 0.1) is 0 Å². The second-order valence-electron chi connectivity index (χ2n) is 7.30. The molecule has 0 radical (unpaired) electrons. The highest BCUT2D eigenvalue weighted by Gasteiger charge is 2.21. The van der Waals surface area contributed by atoms with E-state index >= 15 is 0 Å². The van der Waals surface area contributed by atoms with E-state index in [2.05, 4.69) is 0 Å². The molecule has 3 aromatic rings. The maximum absolute atomic E-state index is 12.6. The number of benzene rings is 2. The molecule has 1 atom stereocenters. The number of carbonyl (C=O) groups is 1. The van der Waals surface area contributed by atoms with Crippen molar-refractivity contribution in [2.45, 2.75) is 31.7 Å². The summed E-state index contributed by atoms with van der Waals surface area (Å²) in [6.07, 6.45) is 3.16. The molecule has 1 amide bonds. The van der Waals surface area contributed by atoms with Gasteiger partial charge in [-0.2, -0.15) is 4.31 Å². The molecule has 0 bridgehead atoms. The molecular formula is C24H28N2O4S. The van der Waals surface area contributed by atoms with E-state index in [4.69, 9.17) is 4.42 Å². The van der Waals surface area contributed by atoms with Gasteiger partial charge < -0.3 is 9.32 Å². The van der Waals surface area contributed by atoms with Crippen LogP contribution >= 0.6 is 0 Å². The number of hydrogen-bond donors (Lipinski definition) is 0. The second-order valence-corrected chi connectivity index (χ2v) is 9.24. The Labute approximate surface area is 183 Å². The van der Waals surface area contributed by atoms with Gasteiger partial charge in [-0.25, -0.2) is 8.42 Å². The maximum atomic E-state index is 12.6. The zero-order valence-corrected chi connectivity index (χ0v) is 19.1. The summed E-state index contributed by atoms with van der Waals surface area (Å²) in [5, 5.41) is 1.00. The molecule has 0 N–H and O–H groups in total.